The lowest BCUT2D eigenvalue weighted by atomic mass is 9.80. The summed E-state index contributed by atoms with van der Waals surface area (Å²) >= 11 is 0. The van der Waals surface area contributed by atoms with E-state index in [1.54, 1.807) is 0 Å². The van der Waals surface area contributed by atoms with Crippen molar-refractivity contribution in [3.8, 4) is 0 Å². The molecule has 2 heteroatoms. The summed E-state index contributed by atoms with van der Waals surface area (Å²) in [5, 5.41) is 0. The minimum Gasteiger partial charge on any atom is -0.464 e. The number of allylic oxidation sites excluding steroid dienone is 2. The van der Waals surface area contributed by atoms with Crippen molar-refractivity contribution >= 4 is 5.97 Å². The zero-order valence-corrected chi connectivity index (χ0v) is 12.1. The predicted molar refractivity (Wildman–Crippen MR) is 70.7 cm³/mol. The molecule has 0 saturated carbocycles. The zero-order valence-electron chi connectivity index (χ0n) is 12.1. The van der Waals surface area contributed by atoms with Crippen LogP contribution in [0.15, 0.2) is 22.3 Å². The molecule has 0 saturated heterocycles. The molecule has 0 radical (unpaired) electrons. The number of carbonyl (C=O) groups is 1. The number of rotatable bonds is 3. The topological polar surface area (TPSA) is 26.3 Å². The molecule has 0 heterocycles. The molecule has 0 N–H and O–H groups in total. The van der Waals surface area contributed by atoms with Gasteiger partial charge in [-0.1, -0.05) is 25.0 Å². The van der Waals surface area contributed by atoms with Crippen LogP contribution in [0.3, 0.4) is 0 Å². The second-order valence-corrected chi connectivity index (χ2v) is 5.59. The maximum atomic E-state index is 11.6. The zero-order chi connectivity index (χ0) is 13.4. The first-order valence-corrected chi connectivity index (χ1v) is 6.24. The van der Waals surface area contributed by atoms with Gasteiger partial charge in [0.2, 0.25) is 0 Å². The van der Waals surface area contributed by atoms with Gasteiger partial charge in [-0.3, -0.25) is 4.79 Å². The van der Waals surface area contributed by atoms with Gasteiger partial charge < -0.3 is 4.74 Å². The molecular formula is C15H24O2. The van der Waals surface area contributed by atoms with Gasteiger partial charge in [-0.25, -0.2) is 0 Å². The molecule has 0 aliphatic heterocycles. The summed E-state index contributed by atoms with van der Waals surface area (Å²) in [6.07, 6.45) is 0. The van der Waals surface area contributed by atoms with E-state index >= 15 is 0 Å². The Morgan fingerprint density at radius 3 is 1.88 bits per heavy atom. The Morgan fingerprint density at radius 1 is 1.12 bits per heavy atom. The fraction of sp³-hybridized carbons (Fsp3) is 0.667. The van der Waals surface area contributed by atoms with Crippen molar-refractivity contribution in [2.75, 3.05) is 6.61 Å². The number of esters is 1. The SMILES string of the molecule is CC1=C(C)C(C)(COC(=O)C(C)C)C(C)=C1C. The van der Waals surface area contributed by atoms with Crippen molar-refractivity contribution in [1.82, 2.24) is 0 Å². The highest BCUT2D eigenvalue weighted by atomic mass is 16.5. The van der Waals surface area contributed by atoms with E-state index < -0.39 is 0 Å². The highest BCUT2D eigenvalue weighted by molar-refractivity contribution is 5.71. The summed E-state index contributed by atoms with van der Waals surface area (Å²) in [7, 11) is 0. The molecule has 0 aromatic heterocycles. The minimum atomic E-state index is -0.117. The van der Waals surface area contributed by atoms with Crippen LogP contribution < -0.4 is 0 Å². The summed E-state index contributed by atoms with van der Waals surface area (Å²) in [6.45, 7) is 14.9. The third-order valence-electron chi connectivity index (χ3n) is 4.32. The summed E-state index contributed by atoms with van der Waals surface area (Å²) in [5.41, 5.74) is 5.21. The van der Waals surface area contributed by atoms with Crippen LogP contribution in [0.25, 0.3) is 0 Å². The second-order valence-electron chi connectivity index (χ2n) is 5.59. The van der Waals surface area contributed by atoms with Crippen LogP contribution >= 0.6 is 0 Å². The first-order valence-electron chi connectivity index (χ1n) is 6.24. The Hall–Kier alpha value is -1.05. The Balaban J connectivity index is 2.87. The normalized spacial score (nSPS) is 19.3. The largest absolute Gasteiger partial charge is 0.464 e. The molecule has 1 aliphatic carbocycles. The van der Waals surface area contributed by atoms with Gasteiger partial charge in [-0.15, -0.1) is 0 Å². The fourth-order valence-electron chi connectivity index (χ4n) is 2.27. The van der Waals surface area contributed by atoms with Crippen molar-refractivity contribution in [3.05, 3.63) is 22.3 Å². The number of carbonyl (C=O) groups excluding carboxylic acids is 1. The lowest BCUT2D eigenvalue weighted by molar-refractivity contribution is -0.149. The first-order chi connectivity index (χ1) is 7.71. The molecule has 0 atom stereocenters. The van der Waals surface area contributed by atoms with Crippen LogP contribution in [0, 0.1) is 11.3 Å². The van der Waals surface area contributed by atoms with Gasteiger partial charge in [-0.2, -0.15) is 0 Å². The van der Waals surface area contributed by atoms with Crippen LogP contribution in [0.4, 0.5) is 0 Å². The van der Waals surface area contributed by atoms with E-state index in [4.69, 9.17) is 4.74 Å². The van der Waals surface area contributed by atoms with Gasteiger partial charge in [0.05, 0.1) is 5.92 Å². The van der Waals surface area contributed by atoms with Crippen LogP contribution in [0.5, 0.6) is 0 Å². The quantitative estimate of drug-likeness (QED) is 0.695. The van der Waals surface area contributed by atoms with Crippen molar-refractivity contribution in [2.24, 2.45) is 11.3 Å². The molecular weight excluding hydrogens is 212 g/mol. The summed E-state index contributed by atoms with van der Waals surface area (Å²) in [4.78, 5) is 11.6. The highest BCUT2D eigenvalue weighted by Crippen LogP contribution is 2.46. The second kappa shape index (κ2) is 4.67. The molecule has 0 amide bonds. The van der Waals surface area contributed by atoms with Gasteiger partial charge in [-0.05, 0) is 45.8 Å². The highest BCUT2D eigenvalue weighted by Gasteiger charge is 2.37. The van der Waals surface area contributed by atoms with Gasteiger partial charge in [0.15, 0.2) is 0 Å². The van der Waals surface area contributed by atoms with E-state index in [1.807, 2.05) is 13.8 Å². The minimum absolute atomic E-state index is 0.0595. The molecule has 0 unspecified atom stereocenters. The van der Waals surface area contributed by atoms with E-state index in [-0.39, 0.29) is 17.3 Å². The molecule has 1 rings (SSSR count). The van der Waals surface area contributed by atoms with Crippen LogP contribution in [-0.2, 0) is 9.53 Å². The van der Waals surface area contributed by atoms with E-state index in [1.165, 1.54) is 22.3 Å². The van der Waals surface area contributed by atoms with E-state index in [0.29, 0.717) is 6.61 Å². The van der Waals surface area contributed by atoms with Crippen molar-refractivity contribution in [1.29, 1.82) is 0 Å². The molecule has 0 fully saturated rings. The van der Waals surface area contributed by atoms with E-state index in [9.17, 15) is 4.79 Å². The number of ether oxygens (including phenoxy) is 1. The van der Waals surface area contributed by atoms with Gasteiger partial charge in [0.1, 0.15) is 6.61 Å². The Morgan fingerprint density at radius 2 is 1.53 bits per heavy atom. The smallest absolute Gasteiger partial charge is 0.308 e. The lowest BCUT2D eigenvalue weighted by Crippen LogP contribution is -2.27. The summed E-state index contributed by atoms with van der Waals surface area (Å²) in [6, 6.07) is 0. The molecule has 17 heavy (non-hydrogen) atoms. The molecule has 0 spiro atoms. The van der Waals surface area contributed by atoms with Crippen molar-refractivity contribution < 1.29 is 9.53 Å². The third kappa shape index (κ3) is 2.31. The Bertz CT molecular complexity index is 373. The number of hydrogen-bond acceptors (Lipinski definition) is 2. The van der Waals surface area contributed by atoms with Crippen LogP contribution in [0.2, 0.25) is 0 Å². The van der Waals surface area contributed by atoms with Gasteiger partial charge >= 0.3 is 5.97 Å². The maximum Gasteiger partial charge on any atom is 0.308 e. The maximum absolute atomic E-state index is 11.6. The monoisotopic (exact) mass is 236 g/mol. The summed E-state index contributed by atoms with van der Waals surface area (Å²) in [5.74, 6) is -0.176. The lowest BCUT2D eigenvalue weighted by Gasteiger charge is -2.28. The molecule has 0 bridgehead atoms. The van der Waals surface area contributed by atoms with Crippen molar-refractivity contribution in [2.45, 2.75) is 48.5 Å². The van der Waals surface area contributed by atoms with Crippen molar-refractivity contribution in [3.63, 3.8) is 0 Å². The average molecular weight is 236 g/mol. The Kier molecular flexibility index (Phi) is 3.85. The molecule has 0 aromatic carbocycles. The Labute approximate surface area is 105 Å². The van der Waals surface area contributed by atoms with Gasteiger partial charge in [0.25, 0.3) is 0 Å². The fourth-order valence-corrected chi connectivity index (χ4v) is 2.27. The van der Waals surface area contributed by atoms with Crippen LogP contribution in [0.1, 0.15) is 48.5 Å². The van der Waals surface area contributed by atoms with Crippen LogP contribution in [-0.4, -0.2) is 12.6 Å². The average Bonchev–Trinajstić information content (AvgIpc) is 2.43. The third-order valence-corrected chi connectivity index (χ3v) is 4.32. The molecule has 0 aromatic rings. The summed E-state index contributed by atoms with van der Waals surface area (Å²) < 4.78 is 5.42. The van der Waals surface area contributed by atoms with Gasteiger partial charge in [0, 0.05) is 5.41 Å². The van der Waals surface area contributed by atoms with E-state index in [2.05, 4.69) is 34.6 Å². The molecule has 96 valence electrons. The number of hydrogen-bond donors (Lipinski definition) is 0. The molecule has 2 nitrogen and oxygen atoms in total. The molecule has 1 aliphatic rings. The standard InChI is InChI=1S/C15H24O2/c1-9(2)14(16)17-8-15(7)12(5)10(3)11(4)13(15)6/h9H,8H2,1-7H3. The predicted octanol–water partition coefficient (Wildman–Crippen LogP) is 3.88. The van der Waals surface area contributed by atoms with E-state index in [0.717, 1.165) is 0 Å². The first kappa shape index (κ1) is 14.0.